The molecule has 6 rings (SSSR count). The van der Waals surface area contributed by atoms with Crippen molar-refractivity contribution >= 4 is 11.0 Å². The predicted molar refractivity (Wildman–Crippen MR) is 132 cm³/mol. The molecule has 0 saturated heterocycles. The molecule has 0 bridgehead atoms. The van der Waals surface area contributed by atoms with Crippen LogP contribution in [-0.2, 0) is 19.3 Å². The number of halogens is 4. The minimum absolute atomic E-state index is 0.0187. The zero-order chi connectivity index (χ0) is 27.3. The summed E-state index contributed by atoms with van der Waals surface area (Å²) in [5.41, 5.74) is 1.46. The van der Waals surface area contributed by atoms with Crippen LogP contribution < -0.4 is 4.74 Å². The highest BCUT2D eigenvalue weighted by Crippen LogP contribution is 2.44. The number of nitrogens with zero attached hydrogens (tertiary/aromatic N) is 8. The van der Waals surface area contributed by atoms with Crippen molar-refractivity contribution in [2.45, 2.75) is 44.9 Å². The van der Waals surface area contributed by atoms with E-state index in [4.69, 9.17) is 9.72 Å². The van der Waals surface area contributed by atoms with Gasteiger partial charge in [0.1, 0.15) is 23.5 Å². The summed E-state index contributed by atoms with van der Waals surface area (Å²) in [6.07, 6.45) is 3.03. The molecule has 39 heavy (non-hydrogen) atoms. The normalized spacial score (nSPS) is 13.8. The SMILES string of the molecule is CCn1cc(C(F)(F)F)nc1-c1ccc(Cn2ncc3cnc(-c4c(OC)ncnc4C4CC4)nc32)cc1F. The van der Waals surface area contributed by atoms with Crippen LogP contribution in [-0.4, -0.2) is 46.4 Å². The Balaban J connectivity index is 1.34. The third-order valence-corrected chi connectivity index (χ3v) is 6.61. The van der Waals surface area contributed by atoms with E-state index in [0.29, 0.717) is 39.8 Å². The van der Waals surface area contributed by atoms with E-state index in [1.54, 1.807) is 30.1 Å². The van der Waals surface area contributed by atoms with Crippen LogP contribution in [0, 0.1) is 5.82 Å². The molecular weight excluding hydrogens is 516 g/mol. The van der Waals surface area contributed by atoms with E-state index in [9.17, 15) is 13.2 Å². The van der Waals surface area contributed by atoms with Crippen LogP contribution in [0.15, 0.2) is 43.1 Å². The summed E-state index contributed by atoms with van der Waals surface area (Å²) < 4.78 is 63.1. The van der Waals surface area contributed by atoms with Crippen LogP contribution in [0.5, 0.6) is 5.88 Å². The Morgan fingerprint density at radius 1 is 1.08 bits per heavy atom. The van der Waals surface area contributed by atoms with Gasteiger partial charge >= 0.3 is 6.18 Å². The molecule has 4 heterocycles. The molecule has 0 N–H and O–H groups in total. The molecule has 1 fully saturated rings. The molecule has 13 heteroatoms. The van der Waals surface area contributed by atoms with Crippen LogP contribution in [0.4, 0.5) is 17.6 Å². The first-order valence-corrected chi connectivity index (χ1v) is 12.3. The summed E-state index contributed by atoms with van der Waals surface area (Å²) in [4.78, 5) is 21.6. The molecule has 0 aliphatic heterocycles. The van der Waals surface area contributed by atoms with Crippen molar-refractivity contribution in [1.29, 1.82) is 0 Å². The minimum atomic E-state index is -4.62. The number of imidazole rings is 1. The van der Waals surface area contributed by atoms with E-state index in [1.165, 1.54) is 30.1 Å². The van der Waals surface area contributed by atoms with Crippen LogP contribution in [0.1, 0.15) is 42.6 Å². The Bertz CT molecular complexity index is 1690. The van der Waals surface area contributed by atoms with Gasteiger partial charge in [-0.15, -0.1) is 0 Å². The van der Waals surface area contributed by atoms with Crippen molar-refractivity contribution in [1.82, 2.24) is 39.3 Å². The van der Waals surface area contributed by atoms with Gasteiger partial charge in [0.25, 0.3) is 0 Å². The van der Waals surface area contributed by atoms with Crippen LogP contribution >= 0.6 is 0 Å². The summed E-state index contributed by atoms with van der Waals surface area (Å²) in [6.45, 7) is 2.05. The van der Waals surface area contributed by atoms with Gasteiger partial charge in [-0.25, -0.2) is 34.0 Å². The highest BCUT2D eigenvalue weighted by atomic mass is 19.4. The molecule has 1 aromatic carbocycles. The van der Waals surface area contributed by atoms with E-state index in [-0.39, 0.29) is 24.5 Å². The van der Waals surface area contributed by atoms with Crippen LogP contribution in [0.3, 0.4) is 0 Å². The Kier molecular flexibility index (Phi) is 6.00. The fraction of sp³-hybridized carbons (Fsp3) is 0.308. The molecule has 1 aliphatic carbocycles. The predicted octanol–water partition coefficient (Wildman–Crippen LogP) is 5.26. The lowest BCUT2D eigenvalue weighted by Gasteiger charge is -2.11. The van der Waals surface area contributed by atoms with Crippen molar-refractivity contribution < 1.29 is 22.3 Å². The molecule has 0 radical (unpaired) electrons. The van der Waals surface area contributed by atoms with Gasteiger partial charge in [-0.2, -0.15) is 18.3 Å². The number of ether oxygens (including phenoxy) is 1. The summed E-state index contributed by atoms with van der Waals surface area (Å²) in [5, 5.41) is 5.08. The average molecular weight is 539 g/mol. The second kappa shape index (κ2) is 9.40. The van der Waals surface area contributed by atoms with Gasteiger partial charge in [0.15, 0.2) is 17.2 Å². The van der Waals surface area contributed by atoms with Crippen molar-refractivity contribution in [2.24, 2.45) is 0 Å². The zero-order valence-corrected chi connectivity index (χ0v) is 20.9. The maximum absolute atomic E-state index is 15.2. The molecule has 0 spiro atoms. The van der Waals surface area contributed by atoms with E-state index in [2.05, 4.69) is 25.0 Å². The first kappa shape index (κ1) is 24.9. The molecule has 0 amide bonds. The van der Waals surface area contributed by atoms with E-state index in [0.717, 1.165) is 24.7 Å². The maximum Gasteiger partial charge on any atom is 0.434 e. The molecule has 200 valence electrons. The summed E-state index contributed by atoms with van der Waals surface area (Å²) in [5.74, 6) is 0.319. The van der Waals surface area contributed by atoms with Crippen LogP contribution in [0.2, 0.25) is 0 Å². The van der Waals surface area contributed by atoms with E-state index < -0.39 is 17.7 Å². The first-order valence-electron chi connectivity index (χ1n) is 12.3. The number of alkyl halides is 3. The van der Waals surface area contributed by atoms with Gasteiger partial charge < -0.3 is 9.30 Å². The van der Waals surface area contributed by atoms with Gasteiger partial charge in [0.05, 0.1) is 36.5 Å². The quantitative estimate of drug-likeness (QED) is 0.261. The Labute approximate surface area is 219 Å². The third kappa shape index (κ3) is 4.57. The smallest absolute Gasteiger partial charge is 0.434 e. The van der Waals surface area contributed by atoms with Crippen LogP contribution in [0.25, 0.3) is 33.8 Å². The van der Waals surface area contributed by atoms with Gasteiger partial charge in [-0.1, -0.05) is 6.07 Å². The lowest BCUT2D eigenvalue weighted by Crippen LogP contribution is -2.06. The zero-order valence-electron chi connectivity index (χ0n) is 20.9. The van der Waals surface area contributed by atoms with E-state index in [1.807, 2.05) is 0 Å². The summed E-state index contributed by atoms with van der Waals surface area (Å²) in [6, 6.07) is 4.33. The molecule has 1 saturated carbocycles. The first-order chi connectivity index (χ1) is 18.8. The van der Waals surface area contributed by atoms with E-state index >= 15 is 4.39 Å². The van der Waals surface area contributed by atoms with Crippen molar-refractivity contribution in [3.05, 3.63) is 65.9 Å². The number of aryl methyl sites for hydroxylation is 1. The van der Waals surface area contributed by atoms with Crippen molar-refractivity contribution in [3.63, 3.8) is 0 Å². The Hall–Kier alpha value is -4.42. The monoisotopic (exact) mass is 538 g/mol. The molecule has 0 unspecified atom stereocenters. The number of methoxy groups -OCH3 is 1. The van der Waals surface area contributed by atoms with Crippen molar-refractivity contribution in [2.75, 3.05) is 7.11 Å². The fourth-order valence-electron chi connectivity index (χ4n) is 4.54. The molecule has 0 atom stereocenters. The standard InChI is InChI=1S/C26H22F4N8O/c1-3-37-12-19(26(28,29)30)35-24(37)17-7-4-14(8-18(17)27)11-38-23-16(10-34-38)9-31-22(36-23)20-21(15-5-6-15)32-13-33-25(20)39-2/h4,7-10,12-13,15H,3,5-6,11H2,1-2H3. The lowest BCUT2D eigenvalue weighted by atomic mass is 10.1. The second-order valence-corrected chi connectivity index (χ2v) is 9.24. The van der Waals surface area contributed by atoms with Gasteiger partial charge in [-0.05, 0) is 37.5 Å². The largest absolute Gasteiger partial charge is 0.480 e. The summed E-state index contributed by atoms with van der Waals surface area (Å²) in [7, 11) is 1.53. The fourth-order valence-corrected chi connectivity index (χ4v) is 4.54. The number of rotatable bonds is 7. The Morgan fingerprint density at radius 2 is 1.90 bits per heavy atom. The Morgan fingerprint density at radius 3 is 2.59 bits per heavy atom. The van der Waals surface area contributed by atoms with Gasteiger partial charge in [-0.3, -0.25) is 0 Å². The number of benzene rings is 1. The number of hydrogen-bond acceptors (Lipinski definition) is 7. The van der Waals surface area contributed by atoms with Gasteiger partial charge in [0.2, 0.25) is 5.88 Å². The molecule has 5 aromatic rings. The highest BCUT2D eigenvalue weighted by Gasteiger charge is 2.35. The number of aromatic nitrogens is 8. The highest BCUT2D eigenvalue weighted by molar-refractivity contribution is 5.77. The minimum Gasteiger partial charge on any atom is -0.480 e. The second-order valence-electron chi connectivity index (χ2n) is 9.24. The lowest BCUT2D eigenvalue weighted by molar-refractivity contribution is -0.140. The van der Waals surface area contributed by atoms with Gasteiger partial charge in [0, 0.05) is 24.9 Å². The average Bonchev–Trinajstić information content (AvgIpc) is 3.55. The molecule has 1 aliphatic rings. The van der Waals surface area contributed by atoms with Crippen molar-refractivity contribution in [3.8, 4) is 28.7 Å². The summed E-state index contributed by atoms with van der Waals surface area (Å²) >= 11 is 0. The molecule has 4 aromatic heterocycles. The topological polar surface area (TPSA) is 96.4 Å². The third-order valence-electron chi connectivity index (χ3n) is 6.61. The number of fused-ring (bicyclic) bond motifs is 1. The number of hydrogen-bond donors (Lipinski definition) is 0. The maximum atomic E-state index is 15.2. The molecule has 9 nitrogen and oxygen atoms in total. The molecular formula is C26H22F4N8O.